The summed E-state index contributed by atoms with van der Waals surface area (Å²) in [4.78, 5) is 8.14. The Bertz CT molecular complexity index is 1450. The molecule has 1 fully saturated rings. The van der Waals surface area contributed by atoms with E-state index in [1.54, 1.807) is 0 Å². The standard InChI is InChI=1S/C21H17F3N4O4S/c22-21(23,24)33(29,30)32-20-13-8-9-16(26-15(13)10-11-25-20)19-14-5-1-2-6-17(14)28(27-19)18-7-3-4-12-31-18/h1-2,5-6,8-11,18H,3-4,7,12H2. The molecule has 0 radical (unpaired) electrons. The van der Waals surface area contributed by atoms with Crippen LogP contribution in [0.1, 0.15) is 25.5 Å². The molecule has 1 aromatic carbocycles. The van der Waals surface area contributed by atoms with Gasteiger partial charge in [-0.15, -0.1) is 0 Å². The zero-order valence-corrected chi connectivity index (χ0v) is 17.8. The highest BCUT2D eigenvalue weighted by Crippen LogP contribution is 2.34. The van der Waals surface area contributed by atoms with Gasteiger partial charge in [-0.3, -0.25) is 0 Å². The lowest BCUT2D eigenvalue weighted by Gasteiger charge is -2.23. The lowest BCUT2D eigenvalue weighted by atomic mass is 10.1. The van der Waals surface area contributed by atoms with E-state index in [0.29, 0.717) is 18.0 Å². The number of benzene rings is 1. The van der Waals surface area contributed by atoms with Crippen molar-refractivity contribution in [2.75, 3.05) is 6.61 Å². The van der Waals surface area contributed by atoms with E-state index in [1.165, 1.54) is 18.2 Å². The fraction of sp³-hybridized carbons (Fsp3) is 0.286. The van der Waals surface area contributed by atoms with E-state index in [0.717, 1.165) is 36.4 Å². The van der Waals surface area contributed by atoms with Crippen LogP contribution in [-0.2, 0) is 14.9 Å². The predicted octanol–water partition coefficient (Wildman–Crippen LogP) is 4.57. The number of hydrogen-bond donors (Lipinski definition) is 0. The van der Waals surface area contributed by atoms with Gasteiger partial charge in [0, 0.05) is 18.2 Å². The molecule has 1 atom stereocenters. The van der Waals surface area contributed by atoms with E-state index in [2.05, 4.69) is 14.2 Å². The van der Waals surface area contributed by atoms with E-state index in [-0.39, 0.29) is 17.1 Å². The molecule has 0 saturated carbocycles. The Kier molecular flexibility index (Phi) is 5.20. The van der Waals surface area contributed by atoms with E-state index < -0.39 is 21.5 Å². The van der Waals surface area contributed by atoms with Crippen molar-refractivity contribution in [3.63, 3.8) is 0 Å². The molecular weight excluding hydrogens is 461 g/mol. The number of fused-ring (bicyclic) bond motifs is 2. The van der Waals surface area contributed by atoms with Crippen molar-refractivity contribution in [3.05, 3.63) is 48.7 Å². The summed E-state index contributed by atoms with van der Waals surface area (Å²) in [5, 5.41) is 5.60. The molecular formula is C21H17F3N4O4S. The minimum Gasteiger partial charge on any atom is -0.356 e. The van der Waals surface area contributed by atoms with Crippen molar-refractivity contribution in [1.29, 1.82) is 0 Å². The maximum Gasteiger partial charge on any atom is 0.534 e. The molecule has 12 heteroatoms. The summed E-state index contributed by atoms with van der Waals surface area (Å²) in [5.41, 5.74) is -3.45. The zero-order chi connectivity index (χ0) is 23.2. The third-order valence-corrected chi connectivity index (χ3v) is 6.28. The predicted molar refractivity (Wildman–Crippen MR) is 113 cm³/mol. The van der Waals surface area contributed by atoms with Crippen molar-refractivity contribution in [2.45, 2.75) is 31.0 Å². The SMILES string of the molecule is O=S(=O)(Oc1nccc2nc(-c3nn(C4CCCCO4)c4ccccc34)ccc12)C(F)(F)F. The van der Waals surface area contributed by atoms with Crippen molar-refractivity contribution in [1.82, 2.24) is 19.7 Å². The third kappa shape index (κ3) is 3.89. The van der Waals surface area contributed by atoms with Gasteiger partial charge in [0.25, 0.3) is 0 Å². The van der Waals surface area contributed by atoms with Crippen molar-refractivity contribution >= 4 is 31.9 Å². The maximum atomic E-state index is 12.7. The molecule has 0 amide bonds. The second-order valence-corrected chi connectivity index (χ2v) is 9.03. The molecule has 0 aliphatic carbocycles. The largest absolute Gasteiger partial charge is 0.534 e. The van der Waals surface area contributed by atoms with Crippen LogP contribution in [0.4, 0.5) is 13.2 Å². The Labute approximate surface area is 186 Å². The number of nitrogens with zero attached hydrogens (tertiary/aromatic N) is 4. The molecule has 0 bridgehead atoms. The Hall–Kier alpha value is -3.25. The van der Waals surface area contributed by atoms with E-state index in [1.807, 2.05) is 28.9 Å². The molecule has 33 heavy (non-hydrogen) atoms. The van der Waals surface area contributed by atoms with Gasteiger partial charge in [0.05, 0.1) is 22.1 Å². The molecule has 1 saturated heterocycles. The van der Waals surface area contributed by atoms with Crippen LogP contribution >= 0.6 is 0 Å². The molecule has 4 aromatic rings. The molecule has 5 rings (SSSR count). The summed E-state index contributed by atoms with van der Waals surface area (Å²) in [7, 11) is -5.86. The summed E-state index contributed by atoms with van der Waals surface area (Å²) < 4.78 is 73.0. The molecule has 1 aliphatic rings. The molecule has 0 spiro atoms. The fourth-order valence-corrected chi connectivity index (χ4v) is 4.23. The smallest absolute Gasteiger partial charge is 0.356 e. The second-order valence-electron chi connectivity index (χ2n) is 7.49. The lowest BCUT2D eigenvalue weighted by Crippen LogP contribution is -2.28. The minimum absolute atomic E-state index is 0.0217. The van der Waals surface area contributed by atoms with E-state index in [4.69, 9.17) is 9.84 Å². The number of halogens is 3. The molecule has 4 heterocycles. The summed E-state index contributed by atoms with van der Waals surface area (Å²) in [6.45, 7) is 0.652. The Balaban J connectivity index is 1.59. The number of pyridine rings is 2. The van der Waals surface area contributed by atoms with Crippen LogP contribution in [0.2, 0.25) is 0 Å². The number of para-hydroxylation sites is 1. The van der Waals surface area contributed by atoms with Crippen LogP contribution in [-0.4, -0.2) is 40.3 Å². The third-order valence-electron chi connectivity index (χ3n) is 5.34. The van der Waals surface area contributed by atoms with E-state index in [9.17, 15) is 21.6 Å². The first-order valence-corrected chi connectivity index (χ1v) is 11.5. The topological polar surface area (TPSA) is 96.2 Å². The van der Waals surface area contributed by atoms with Crippen molar-refractivity contribution in [2.24, 2.45) is 0 Å². The average Bonchev–Trinajstić information content (AvgIpc) is 3.18. The lowest BCUT2D eigenvalue weighted by molar-refractivity contribution is -0.0500. The van der Waals surface area contributed by atoms with Crippen LogP contribution in [0.3, 0.4) is 0 Å². The summed E-state index contributed by atoms with van der Waals surface area (Å²) >= 11 is 0. The highest BCUT2D eigenvalue weighted by atomic mass is 32.2. The van der Waals surface area contributed by atoms with Gasteiger partial charge in [0.15, 0.2) is 6.23 Å². The average molecular weight is 478 g/mol. The van der Waals surface area contributed by atoms with Gasteiger partial charge in [0.2, 0.25) is 5.88 Å². The molecule has 0 N–H and O–H groups in total. The first-order valence-electron chi connectivity index (χ1n) is 10.1. The normalized spacial score (nSPS) is 17.5. The number of hydrogen-bond acceptors (Lipinski definition) is 7. The van der Waals surface area contributed by atoms with Crippen molar-refractivity contribution < 1.29 is 30.5 Å². The number of alkyl halides is 3. The maximum absolute atomic E-state index is 12.7. The number of rotatable bonds is 4. The van der Waals surface area contributed by atoms with Gasteiger partial charge in [-0.05, 0) is 43.5 Å². The first-order chi connectivity index (χ1) is 15.7. The Morgan fingerprint density at radius 3 is 2.64 bits per heavy atom. The van der Waals surface area contributed by atoms with Gasteiger partial charge >= 0.3 is 15.6 Å². The monoisotopic (exact) mass is 478 g/mol. The van der Waals surface area contributed by atoms with Gasteiger partial charge in [-0.25, -0.2) is 14.6 Å². The van der Waals surface area contributed by atoms with Gasteiger partial charge in [0.1, 0.15) is 5.69 Å². The summed E-state index contributed by atoms with van der Waals surface area (Å²) in [6, 6.07) is 12.0. The molecule has 3 aromatic heterocycles. The highest BCUT2D eigenvalue weighted by molar-refractivity contribution is 7.88. The summed E-state index contributed by atoms with van der Waals surface area (Å²) in [5.74, 6) is -0.699. The van der Waals surface area contributed by atoms with E-state index >= 15 is 0 Å². The quantitative estimate of drug-likeness (QED) is 0.313. The number of ether oxygens (including phenoxy) is 1. The Morgan fingerprint density at radius 2 is 1.88 bits per heavy atom. The molecule has 1 aliphatic heterocycles. The Morgan fingerprint density at radius 1 is 1.06 bits per heavy atom. The highest BCUT2D eigenvalue weighted by Gasteiger charge is 2.49. The first kappa shape index (κ1) is 21.6. The second kappa shape index (κ2) is 7.96. The van der Waals surface area contributed by atoms with Gasteiger partial charge < -0.3 is 8.92 Å². The zero-order valence-electron chi connectivity index (χ0n) is 17.0. The van der Waals surface area contributed by atoms with Gasteiger partial charge in [-0.2, -0.15) is 26.7 Å². The summed E-state index contributed by atoms with van der Waals surface area (Å²) in [6.07, 6.45) is 3.79. The van der Waals surface area contributed by atoms with Gasteiger partial charge in [-0.1, -0.05) is 18.2 Å². The minimum atomic E-state index is -5.86. The van der Waals surface area contributed by atoms with Crippen LogP contribution in [0, 0.1) is 0 Å². The van der Waals surface area contributed by atoms with Crippen LogP contribution < -0.4 is 4.18 Å². The molecule has 172 valence electrons. The fourth-order valence-electron chi connectivity index (χ4n) is 3.79. The van der Waals surface area contributed by atoms with Crippen LogP contribution in [0.25, 0.3) is 33.2 Å². The molecule has 1 unspecified atom stereocenters. The van der Waals surface area contributed by atoms with Crippen LogP contribution in [0.5, 0.6) is 5.88 Å². The van der Waals surface area contributed by atoms with Crippen LogP contribution in [0.15, 0.2) is 48.7 Å². The molecule has 8 nitrogen and oxygen atoms in total. The van der Waals surface area contributed by atoms with Crippen molar-refractivity contribution in [3.8, 4) is 17.3 Å². The number of aromatic nitrogens is 4.